The third kappa shape index (κ3) is 3.26. The molecule has 2 aromatic heterocycles. The van der Waals surface area contributed by atoms with Crippen LogP contribution in [0.4, 0.5) is 0 Å². The van der Waals surface area contributed by atoms with Gasteiger partial charge in [-0.15, -0.1) is 0 Å². The molecule has 1 atom stereocenters. The first kappa shape index (κ1) is 16.9. The third-order valence-electron chi connectivity index (χ3n) is 4.71. The fourth-order valence-corrected chi connectivity index (χ4v) is 3.87. The van der Waals surface area contributed by atoms with Crippen LogP contribution in [0.1, 0.15) is 39.8 Å². The average molecular weight is 412 g/mol. The molecule has 0 spiro atoms. The molecule has 4 rings (SSSR count). The molecule has 1 aliphatic rings. The molecule has 6 nitrogen and oxygen atoms in total. The van der Waals surface area contributed by atoms with Gasteiger partial charge >= 0.3 is 0 Å². The summed E-state index contributed by atoms with van der Waals surface area (Å²) in [5.41, 5.74) is 3.75. The predicted molar refractivity (Wildman–Crippen MR) is 101 cm³/mol. The smallest absolute Gasteiger partial charge is 0.254 e. The maximum Gasteiger partial charge on any atom is 0.254 e. The minimum Gasteiger partial charge on any atom is -0.331 e. The van der Waals surface area contributed by atoms with E-state index in [1.54, 1.807) is 12.4 Å². The number of pyridine rings is 1. The van der Waals surface area contributed by atoms with Crippen LogP contribution < -0.4 is 0 Å². The fraction of sp³-hybridized carbons (Fsp3) is 0.263. The lowest BCUT2D eigenvalue weighted by Gasteiger charge is -2.25. The highest BCUT2D eigenvalue weighted by Crippen LogP contribution is 2.36. The van der Waals surface area contributed by atoms with Crippen molar-refractivity contribution in [1.29, 1.82) is 0 Å². The van der Waals surface area contributed by atoms with Crippen LogP contribution in [0.3, 0.4) is 0 Å². The Hall–Kier alpha value is -2.54. The summed E-state index contributed by atoms with van der Waals surface area (Å²) < 4.78 is 0.972. The van der Waals surface area contributed by atoms with E-state index >= 15 is 0 Å². The Morgan fingerprint density at radius 2 is 2.08 bits per heavy atom. The first-order valence-electron chi connectivity index (χ1n) is 8.58. The van der Waals surface area contributed by atoms with Crippen LogP contribution in [-0.4, -0.2) is 37.7 Å². The lowest BCUT2D eigenvalue weighted by Crippen LogP contribution is -2.30. The van der Waals surface area contributed by atoms with Crippen molar-refractivity contribution in [2.45, 2.75) is 25.3 Å². The standard InChI is InChI=1S/C19H18BrN5O/c20-16-8-3-9-21-17(16)11-18-14-6-1-2-7-15(14)19(26)25(18)10-4-5-13-12-22-24-23-13/h1-3,6-9,12,18H,4-5,10-11H2,(H,22,23,24). The van der Waals surface area contributed by atoms with E-state index in [0.29, 0.717) is 13.0 Å². The number of carbonyl (C=O) groups is 1. The zero-order valence-corrected chi connectivity index (χ0v) is 15.7. The number of aromatic nitrogens is 4. The third-order valence-corrected chi connectivity index (χ3v) is 5.43. The Morgan fingerprint density at radius 1 is 1.19 bits per heavy atom. The summed E-state index contributed by atoms with van der Waals surface area (Å²) in [6.07, 6.45) is 5.83. The van der Waals surface area contributed by atoms with E-state index in [1.807, 2.05) is 41.3 Å². The molecule has 1 N–H and O–H groups in total. The lowest BCUT2D eigenvalue weighted by molar-refractivity contribution is 0.0721. The molecule has 132 valence electrons. The second-order valence-corrected chi connectivity index (χ2v) is 7.16. The van der Waals surface area contributed by atoms with Crippen LogP contribution in [-0.2, 0) is 12.8 Å². The van der Waals surface area contributed by atoms with Crippen molar-refractivity contribution in [3.8, 4) is 0 Å². The molecule has 3 aromatic rings. The molecule has 0 saturated carbocycles. The number of amides is 1. The maximum atomic E-state index is 12.9. The monoisotopic (exact) mass is 411 g/mol. The summed E-state index contributed by atoms with van der Waals surface area (Å²) in [6.45, 7) is 0.676. The lowest BCUT2D eigenvalue weighted by atomic mass is 10.0. The number of halogens is 1. The van der Waals surface area contributed by atoms with E-state index in [1.165, 1.54) is 0 Å². The minimum absolute atomic E-state index is 0.00205. The van der Waals surface area contributed by atoms with Gasteiger partial charge in [-0.3, -0.25) is 9.78 Å². The summed E-state index contributed by atoms with van der Waals surface area (Å²) in [7, 11) is 0. The minimum atomic E-state index is 0.00205. The molecule has 0 aliphatic carbocycles. The Balaban J connectivity index is 1.56. The van der Waals surface area contributed by atoms with Crippen LogP contribution >= 0.6 is 15.9 Å². The number of aryl methyl sites for hydroxylation is 1. The first-order chi connectivity index (χ1) is 12.7. The molecule has 7 heteroatoms. The summed E-state index contributed by atoms with van der Waals surface area (Å²) in [4.78, 5) is 19.4. The number of carbonyl (C=O) groups excluding carboxylic acids is 1. The van der Waals surface area contributed by atoms with Crippen LogP contribution in [0.2, 0.25) is 0 Å². The largest absolute Gasteiger partial charge is 0.331 e. The molecule has 1 aromatic carbocycles. The van der Waals surface area contributed by atoms with Gasteiger partial charge in [0.15, 0.2) is 0 Å². The molecular formula is C19H18BrN5O. The van der Waals surface area contributed by atoms with Crippen LogP contribution in [0.25, 0.3) is 0 Å². The second kappa shape index (κ2) is 7.37. The number of H-pyrrole nitrogens is 1. The highest BCUT2D eigenvalue weighted by atomic mass is 79.9. The second-order valence-electron chi connectivity index (χ2n) is 6.30. The van der Waals surface area contributed by atoms with Crippen molar-refractivity contribution in [1.82, 2.24) is 25.3 Å². The Bertz CT molecular complexity index is 912. The fourth-order valence-electron chi connectivity index (χ4n) is 3.45. The van der Waals surface area contributed by atoms with Crippen molar-refractivity contribution < 1.29 is 4.79 Å². The van der Waals surface area contributed by atoms with Crippen molar-refractivity contribution in [2.75, 3.05) is 6.54 Å². The van der Waals surface area contributed by atoms with Gasteiger partial charge in [-0.1, -0.05) is 18.2 Å². The van der Waals surface area contributed by atoms with Gasteiger partial charge in [-0.2, -0.15) is 15.4 Å². The van der Waals surface area contributed by atoms with E-state index in [2.05, 4.69) is 36.3 Å². The predicted octanol–water partition coefficient (Wildman–Crippen LogP) is 3.33. The van der Waals surface area contributed by atoms with E-state index < -0.39 is 0 Å². The number of hydrogen-bond acceptors (Lipinski definition) is 4. The van der Waals surface area contributed by atoms with E-state index in [4.69, 9.17) is 0 Å². The molecule has 0 fully saturated rings. The molecule has 0 saturated heterocycles. The average Bonchev–Trinajstić information content (AvgIpc) is 3.26. The number of aromatic amines is 1. The highest BCUT2D eigenvalue weighted by molar-refractivity contribution is 9.10. The molecule has 1 amide bonds. The van der Waals surface area contributed by atoms with Gasteiger partial charge in [0.2, 0.25) is 0 Å². The number of hydrogen-bond donors (Lipinski definition) is 1. The quantitative estimate of drug-likeness (QED) is 0.674. The molecule has 3 heterocycles. The Labute approximate surface area is 159 Å². The van der Waals surface area contributed by atoms with E-state index in [0.717, 1.165) is 39.8 Å². The van der Waals surface area contributed by atoms with Crippen LogP contribution in [0.5, 0.6) is 0 Å². The number of benzene rings is 1. The molecular weight excluding hydrogens is 394 g/mol. The van der Waals surface area contributed by atoms with Crippen LogP contribution in [0, 0.1) is 0 Å². The summed E-state index contributed by atoms with van der Waals surface area (Å²) in [5, 5.41) is 10.5. The maximum absolute atomic E-state index is 12.9. The zero-order chi connectivity index (χ0) is 17.9. The molecule has 1 unspecified atom stereocenters. The van der Waals surface area contributed by atoms with E-state index in [9.17, 15) is 4.79 Å². The first-order valence-corrected chi connectivity index (χ1v) is 9.37. The van der Waals surface area contributed by atoms with Gasteiger partial charge in [0.1, 0.15) is 0 Å². The van der Waals surface area contributed by atoms with Gasteiger partial charge in [-0.05, 0) is 52.5 Å². The topological polar surface area (TPSA) is 74.8 Å². The van der Waals surface area contributed by atoms with Gasteiger partial charge < -0.3 is 4.90 Å². The van der Waals surface area contributed by atoms with Gasteiger partial charge in [0, 0.05) is 29.2 Å². The summed E-state index contributed by atoms with van der Waals surface area (Å²) >= 11 is 3.57. The van der Waals surface area contributed by atoms with Crippen molar-refractivity contribution in [3.05, 3.63) is 75.8 Å². The number of nitrogens with zero attached hydrogens (tertiary/aromatic N) is 4. The normalized spacial score (nSPS) is 16.1. The Morgan fingerprint density at radius 3 is 2.88 bits per heavy atom. The number of rotatable bonds is 6. The van der Waals surface area contributed by atoms with Gasteiger partial charge in [-0.25, -0.2) is 0 Å². The highest BCUT2D eigenvalue weighted by Gasteiger charge is 2.36. The van der Waals surface area contributed by atoms with Crippen LogP contribution in [0.15, 0.2) is 53.3 Å². The van der Waals surface area contributed by atoms with Crippen molar-refractivity contribution in [3.63, 3.8) is 0 Å². The zero-order valence-electron chi connectivity index (χ0n) is 14.1. The SMILES string of the molecule is O=C1c2ccccc2C(Cc2ncccc2Br)N1CCCc1cn[nH]n1. The molecule has 26 heavy (non-hydrogen) atoms. The van der Waals surface area contributed by atoms with E-state index in [-0.39, 0.29) is 11.9 Å². The summed E-state index contributed by atoms with van der Waals surface area (Å²) in [5.74, 6) is 0.0952. The van der Waals surface area contributed by atoms with Gasteiger partial charge in [0.05, 0.1) is 23.6 Å². The molecule has 0 bridgehead atoms. The number of nitrogens with one attached hydrogen (secondary N) is 1. The summed E-state index contributed by atoms with van der Waals surface area (Å²) in [6, 6.07) is 11.8. The van der Waals surface area contributed by atoms with Crippen molar-refractivity contribution >= 4 is 21.8 Å². The van der Waals surface area contributed by atoms with Gasteiger partial charge in [0.25, 0.3) is 5.91 Å². The molecule has 1 aliphatic heterocycles. The van der Waals surface area contributed by atoms with Crippen molar-refractivity contribution in [2.24, 2.45) is 0 Å². The molecule has 0 radical (unpaired) electrons. The Kier molecular flexibility index (Phi) is 4.79. The number of fused-ring (bicyclic) bond motifs is 1.